The Morgan fingerprint density at radius 3 is 2.64 bits per heavy atom. The number of nitrogens with one attached hydrogen (secondary N) is 1. The Balaban J connectivity index is 1.41. The van der Waals surface area contributed by atoms with Crippen LogP contribution in [0.2, 0.25) is 0 Å². The number of nitrogens with zero attached hydrogens (tertiary/aromatic N) is 2. The van der Waals surface area contributed by atoms with Crippen LogP contribution in [0.5, 0.6) is 0 Å². The summed E-state index contributed by atoms with van der Waals surface area (Å²) in [5.41, 5.74) is 0.405. The summed E-state index contributed by atoms with van der Waals surface area (Å²) in [6.07, 6.45) is 4.83. The van der Waals surface area contributed by atoms with E-state index in [9.17, 15) is 4.79 Å². The largest absolute Gasteiger partial charge is 0.381 e. The van der Waals surface area contributed by atoms with E-state index in [-0.39, 0.29) is 17.9 Å². The van der Waals surface area contributed by atoms with Crippen LogP contribution < -0.4 is 5.32 Å². The molecule has 0 unspecified atom stereocenters. The summed E-state index contributed by atoms with van der Waals surface area (Å²) in [5.74, 6) is 2.25. The molecule has 1 aliphatic carbocycles. The fourth-order valence-electron chi connectivity index (χ4n) is 4.27. The Bertz CT molecular complexity index is 605. The molecule has 3 aliphatic rings. The molecule has 1 saturated carbocycles. The molecule has 2 atom stereocenters. The Kier molecular flexibility index (Phi) is 4.82. The minimum atomic E-state index is -0.0971. The molecule has 0 radical (unpaired) electrons. The molecule has 2 aliphatic heterocycles. The molecule has 1 N–H and O–H groups in total. The van der Waals surface area contributed by atoms with Crippen LogP contribution in [-0.2, 0) is 4.74 Å². The van der Waals surface area contributed by atoms with Gasteiger partial charge in [-0.2, -0.15) is 0 Å². The number of likely N-dealkylation sites (tertiary alicyclic amines) is 1. The van der Waals surface area contributed by atoms with Gasteiger partial charge in [0.15, 0.2) is 5.69 Å². The number of ether oxygens (including phenoxy) is 1. The van der Waals surface area contributed by atoms with E-state index in [0.29, 0.717) is 17.7 Å². The van der Waals surface area contributed by atoms with Crippen molar-refractivity contribution in [3.63, 3.8) is 0 Å². The van der Waals surface area contributed by atoms with Crippen molar-refractivity contribution in [1.29, 1.82) is 0 Å². The fourth-order valence-corrected chi connectivity index (χ4v) is 4.27. The zero-order chi connectivity index (χ0) is 17.4. The average Bonchev–Trinajstić information content (AvgIpc) is 3.18. The molecule has 6 heteroatoms. The van der Waals surface area contributed by atoms with Crippen LogP contribution in [0.4, 0.5) is 0 Å². The molecule has 1 aromatic rings. The zero-order valence-electron chi connectivity index (χ0n) is 15.2. The number of carbonyl (C=O) groups excluding carboxylic acids is 1. The normalized spacial score (nSPS) is 28.6. The second kappa shape index (κ2) is 7.08. The predicted octanol–water partition coefficient (Wildman–Crippen LogP) is 2.42. The van der Waals surface area contributed by atoms with Gasteiger partial charge < -0.3 is 14.6 Å². The smallest absolute Gasteiger partial charge is 0.273 e. The van der Waals surface area contributed by atoms with Crippen LogP contribution in [0.15, 0.2) is 10.6 Å². The Morgan fingerprint density at radius 1 is 1.24 bits per heavy atom. The first-order chi connectivity index (χ1) is 12.1. The number of rotatable bonds is 5. The lowest BCUT2D eigenvalue weighted by Crippen LogP contribution is -2.43. The van der Waals surface area contributed by atoms with Gasteiger partial charge in [-0.1, -0.05) is 19.0 Å². The van der Waals surface area contributed by atoms with Crippen molar-refractivity contribution < 1.29 is 14.1 Å². The topological polar surface area (TPSA) is 67.6 Å². The van der Waals surface area contributed by atoms with Gasteiger partial charge in [-0.25, -0.2) is 0 Å². The van der Waals surface area contributed by atoms with Crippen molar-refractivity contribution in [1.82, 2.24) is 15.4 Å². The first-order valence-electron chi connectivity index (χ1n) is 9.71. The van der Waals surface area contributed by atoms with Crippen LogP contribution in [0.3, 0.4) is 0 Å². The summed E-state index contributed by atoms with van der Waals surface area (Å²) in [5, 5.41) is 7.21. The minimum Gasteiger partial charge on any atom is -0.381 e. The Hall–Kier alpha value is -1.40. The average molecular weight is 347 g/mol. The lowest BCUT2D eigenvalue weighted by atomic mass is 9.98. The molecule has 0 aromatic carbocycles. The summed E-state index contributed by atoms with van der Waals surface area (Å²) >= 11 is 0. The third-order valence-corrected chi connectivity index (χ3v) is 5.97. The second-order valence-corrected chi connectivity index (χ2v) is 8.15. The summed E-state index contributed by atoms with van der Waals surface area (Å²) in [6, 6.07) is 2.61. The number of carbonyl (C=O) groups is 1. The standard InChI is InChI=1S/C19H29N3O3/c1-12(2)18-9-16(21-25-18)19(23)20-17-11-22(10-15(17)13-3-4-13)14-5-7-24-8-6-14/h9,12-15,17H,3-8,10-11H2,1-2H3,(H,20,23)/t15-,17+/m1/s1. The molecule has 1 aromatic heterocycles. The van der Waals surface area contributed by atoms with Crippen molar-refractivity contribution in [3.05, 3.63) is 17.5 Å². The van der Waals surface area contributed by atoms with E-state index in [1.54, 1.807) is 6.07 Å². The highest BCUT2D eigenvalue weighted by molar-refractivity contribution is 5.92. The van der Waals surface area contributed by atoms with Gasteiger partial charge >= 0.3 is 0 Å². The third kappa shape index (κ3) is 3.75. The van der Waals surface area contributed by atoms with Gasteiger partial charge in [0.05, 0.1) is 0 Å². The lowest BCUT2D eigenvalue weighted by Gasteiger charge is -2.31. The molecule has 3 heterocycles. The van der Waals surface area contributed by atoms with Gasteiger partial charge in [0, 0.05) is 50.4 Å². The van der Waals surface area contributed by atoms with E-state index in [1.807, 2.05) is 13.8 Å². The van der Waals surface area contributed by atoms with Gasteiger partial charge in [0.1, 0.15) is 5.76 Å². The van der Waals surface area contributed by atoms with Gasteiger partial charge in [0.2, 0.25) is 0 Å². The van der Waals surface area contributed by atoms with E-state index in [1.165, 1.54) is 12.8 Å². The summed E-state index contributed by atoms with van der Waals surface area (Å²) in [7, 11) is 0. The number of hydrogen-bond acceptors (Lipinski definition) is 5. The first kappa shape index (κ1) is 17.0. The summed E-state index contributed by atoms with van der Waals surface area (Å²) in [4.78, 5) is 15.2. The molecule has 6 nitrogen and oxygen atoms in total. The molecule has 2 saturated heterocycles. The number of hydrogen-bond donors (Lipinski definition) is 1. The van der Waals surface area contributed by atoms with Crippen LogP contribution in [0, 0.1) is 11.8 Å². The number of aromatic nitrogens is 1. The monoisotopic (exact) mass is 347 g/mol. The van der Waals surface area contributed by atoms with E-state index in [0.717, 1.165) is 50.8 Å². The molecule has 4 rings (SSSR count). The van der Waals surface area contributed by atoms with Crippen LogP contribution in [-0.4, -0.2) is 54.4 Å². The van der Waals surface area contributed by atoms with E-state index in [4.69, 9.17) is 9.26 Å². The predicted molar refractivity (Wildman–Crippen MR) is 93.5 cm³/mol. The molecule has 0 spiro atoms. The van der Waals surface area contributed by atoms with Crippen LogP contribution in [0.1, 0.15) is 61.7 Å². The number of amides is 1. The maximum Gasteiger partial charge on any atom is 0.273 e. The van der Waals surface area contributed by atoms with Crippen molar-refractivity contribution in [2.24, 2.45) is 11.8 Å². The van der Waals surface area contributed by atoms with Crippen LogP contribution >= 0.6 is 0 Å². The molecular weight excluding hydrogens is 318 g/mol. The maximum absolute atomic E-state index is 12.6. The molecule has 25 heavy (non-hydrogen) atoms. The van der Waals surface area contributed by atoms with Crippen molar-refractivity contribution in [2.75, 3.05) is 26.3 Å². The summed E-state index contributed by atoms with van der Waals surface area (Å²) < 4.78 is 10.8. The molecule has 1 amide bonds. The highest BCUT2D eigenvalue weighted by Gasteiger charge is 2.44. The second-order valence-electron chi connectivity index (χ2n) is 8.15. The molecule has 3 fully saturated rings. The first-order valence-corrected chi connectivity index (χ1v) is 9.71. The Labute approximate surface area is 149 Å². The Morgan fingerprint density at radius 2 is 2.00 bits per heavy atom. The summed E-state index contributed by atoms with van der Waals surface area (Å²) in [6.45, 7) is 7.86. The van der Waals surface area contributed by atoms with Crippen molar-refractivity contribution >= 4 is 5.91 Å². The van der Waals surface area contributed by atoms with E-state index < -0.39 is 0 Å². The highest BCUT2D eigenvalue weighted by atomic mass is 16.5. The minimum absolute atomic E-state index is 0.0971. The van der Waals surface area contributed by atoms with Crippen molar-refractivity contribution in [2.45, 2.75) is 57.5 Å². The zero-order valence-corrected chi connectivity index (χ0v) is 15.2. The van der Waals surface area contributed by atoms with Crippen molar-refractivity contribution in [3.8, 4) is 0 Å². The van der Waals surface area contributed by atoms with E-state index >= 15 is 0 Å². The highest BCUT2D eigenvalue weighted by Crippen LogP contribution is 2.42. The van der Waals surface area contributed by atoms with E-state index in [2.05, 4.69) is 15.4 Å². The van der Waals surface area contributed by atoms with Crippen LogP contribution in [0.25, 0.3) is 0 Å². The molecule has 0 bridgehead atoms. The van der Waals surface area contributed by atoms with Gasteiger partial charge in [-0.3, -0.25) is 9.69 Å². The third-order valence-electron chi connectivity index (χ3n) is 5.97. The van der Waals surface area contributed by atoms with Gasteiger partial charge in [-0.05, 0) is 37.5 Å². The van der Waals surface area contributed by atoms with Gasteiger partial charge in [0.25, 0.3) is 5.91 Å². The molecular formula is C19H29N3O3. The fraction of sp³-hybridized carbons (Fsp3) is 0.789. The SMILES string of the molecule is CC(C)c1cc(C(=O)N[C@H]2CN(C3CCOCC3)C[C@@H]2C2CC2)no1. The molecule has 138 valence electrons. The quantitative estimate of drug-likeness (QED) is 0.886. The van der Waals surface area contributed by atoms with Gasteiger partial charge in [-0.15, -0.1) is 0 Å². The maximum atomic E-state index is 12.6. The lowest BCUT2D eigenvalue weighted by molar-refractivity contribution is 0.0404.